The molecule has 2 N–H and O–H groups in total. The molecule has 0 radical (unpaired) electrons. The normalized spacial score (nSPS) is 35.3. The Bertz CT molecular complexity index is 180. The Balaban J connectivity index is 2.73. The van der Waals surface area contributed by atoms with Gasteiger partial charge in [0.2, 0.25) is 0 Å². The summed E-state index contributed by atoms with van der Waals surface area (Å²) in [7, 11) is 0. The van der Waals surface area contributed by atoms with Gasteiger partial charge in [-0.15, -0.1) is 0 Å². The lowest BCUT2D eigenvalue weighted by Crippen LogP contribution is -2.59. The van der Waals surface area contributed by atoms with Gasteiger partial charge in [-0.1, -0.05) is 0 Å². The lowest BCUT2D eigenvalue weighted by atomic mass is 9.86. The lowest BCUT2D eigenvalue weighted by Gasteiger charge is -2.48. The van der Waals surface area contributed by atoms with Crippen molar-refractivity contribution in [1.29, 1.82) is 0 Å². The van der Waals surface area contributed by atoms with Crippen molar-refractivity contribution < 1.29 is 10.2 Å². The molecule has 0 bridgehead atoms. The molecule has 0 aromatic heterocycles. The number of likely N-dealkylation sites (tertiary alicyclic amines) is 1. The first-order valence-electron chi connectivity index (χ1n) is 4.97. The molecule has 1 rings (SSSR count). The van der Waals surface area contributed by atoms with Gasteiger partial charge in [0.1, 0.15) is 0 Å². The second kappa shape index (κ2) is 3.56. The van der Waals surface area contributed by atoms with Crippen molar-refractivity contribution in [2.75, 3.05) is 6.54 Å². The molecule has 1 saturated heterocycles. The number of rotatable bonds is 1. The molecule has 1 aliphatic heterocycles. The van der Waals surface area contributed by atoms with Gasteiger partial charge in [0.15, 0.2) is 0 Å². The molecule has 1 aliphatic rings. The number of hydrogen-bond acceptors (Lipinski definition) is 3. The molecule has 0 aromatic carbocycles. The first kappa shape index (κ1) is 11.0. The molecule has 0 aromatic rings. The summed E-state index contributed by atoms with van der Waals surface area (Å²) in [6, 6.07) is 0.414. The average Bonchev–Trinajstić information content (AvgIpc) is 1.95. The van der Waals surface area contributed by atoms with Crippen LogP contribution < -0.4 is 0 Å². The van der Waals surface area contributed by atoms with Gasteiger partial charge < -0.3 is 10.2 Å². The SMILES string of the molecule is CC(C)N1C[C@H](O)[C@H](O)CC1(C)C. The summed E-state index contributed by atoms with van der Waals surface area (Å²) in [6.45, 7) is 9.04. The second-order valence-corrected chi connectivity index (χ2v) is 4.90. The summed E-state index contributed by atoms with van der Waals surface area (Å²) >= 11 is 0. The predicted octanol–water partition coefficient (Wildman–Crippen LogP) is 0.601. The summed E-state index contributed by atoms with van der Waals surface area (Å²) in [5, 5.41) is 19.1. The minimum atomic E-state index is -0.588. The van der Waals surface area contributed by atoms with Crippen molar-refractivity contribution in [1.82, 2.24) is 4.90 Å². The smallest absolute Gasteiger partial charge is 0.0926 e. The van der Waals surface area contributed by atoms with E-state index in [0.29, 0.717) is 19.0 Å². The number of piperidine rings is 1. The zero-order valence-corrected chi connectivity index (χ0v) is 8.99. The zero-order valence-electron chi connectivity index (χ0n) is 8.99. The zero-order chi connectivity index (χ0) is 10.2. The maximum Gasteiger partial charge on any atom is 0.0926 e. The Morgan fingerprint density at radius 3 is 2.23 bits per heavy atom. The van der Waals surface area contributed by atoms with Gasteiger partial charge in [-0.25, -0.2) is 0 Å². The molecule has 2 atom stereocenters. The van der Waals surface area contributed by atoms with Crippen LogP contribution in [0.3, 0.4) is 0 Å². The predicted molar refractivity (Wildman–Crippen MR) is 52.6 cm³/mol. The Hall–Kier alpha value is -0.120. The second-order valence-electron chi connectivity index (χ2n) is 4.90. The van der Waals surface area contributed by atoms with E-state index in [2.05, 4.69) is 32.6 Å². The maximum atomic E-state index is 9.54. The van der Waals surface area contributed by atoms with E-state index in [0.717, 1.165) is 0 Å². The van der Waals surface area contributed by atoms with Crippen molar-refractivity contribution >= 4 is 0 Å². The third kappa shape index (κ3) is 2.22. The molecule has 3 heteroatoms. The highest BCUT2D eigenvalue weighted by Gasteiger charge is 2.39. The minimum Gasteiger partial charge on any atom is -0.390 e. The fourth-order valence-electron chi connectivity index (χ4n) is 2.25. The third-order valence-corrected chi connectivity index (χ3v) is 2.94. The van der Waals surface area contributed by atoms with E-state index in [1.54, 1.807) is 0 Å². The van der Waals surface area contributed by atoms with E-state index in [1.165, 1.54) is 0 Å². The van der Waals surface area contributed by atoms with E-state index in [9.17, 15) is 10.2 Å². The van der Waals surface area contributed by atoms with Crippen LogP contribution in [-0.2, 0) is 0 Å². The van der Waals surface area contributed by atoms with Crippen LogP contribution in [0.5, 0.6) is 0 Å². The largest absolute Gasteiger partial charge is 0.390 e. The van der Waals surface area contributed by atoms with Crippen LogP contribution in [0.25, 0.3) is 0 Å². The van der Waals surface area contributed by atoms with Crippen LogP contribution in [0.2, 0.25) is 0 Å². The van der Waals surface area contributed by atoms with E-state index >= 15 is 0 Å². The standard InChI is InChI=1S/C10H21NO2/c1-7(2)11-6-9(13)8(12)5-10(11,3)4/h7-9,12-13H,5-6H2,1-4H3/t8-,9+/m1/s1. The van der Waals surface area contributed by atoms with Gasteiger partial charge >= 0.3 is 0 Å². The van der Waals surface area contributed by atoms with E-state index in [1.807, 2.05) is 0 Å². The van der Waals surface area contributed by atoms with Crippen LogP contribution in [0.4, 0.5) is 0 Å². The number of aliphatic hydroxyl groups excluding tert-OH is 2. The van der Waals surface area contributed by atoms with Gasteiger partial charge in [0, 0.05) is 18.1 Å². The lowest BCUT2D eigenvalue weighted by molar-refractivity contribution is -0.0972. The fraction of sp³-hybridized carbons (Fsp3) is 1.00. The quantitative estimate of drug-likeness (QED) is 0.632. The van der Waals surface area contributed by atoms with Gasteiger partial charge in [-0.3, -0.25) is 4.90 Å². The van der Waals surface area contributed by atoms with Gasteiger partial charge in [0.05, 0.1) is 12.2 Å². The summed E-state index contributed by atoms with van der Waals surface area (Å²) in [6.07, 6.45) is -0.507. The molecule has 0 spiro atoms. The molecule has 0 unspecified atom stereocenters. The van der Waals surface area contributed by atoms with Crippen LogP contribution in [0, 0.1) is 0 Å². The summed E-state index contributed by atoms with van der Waals surface area (Å²) in [5.74, 6) is 0. The number of aliphatic hydroxyl groups is 2. The molecule has 0 saturated carbocycles. The van der Waals surface area contributed by atoms with Gasteiger partial charge in [-0.05, 0) is 34.1 Å². The van der Waals surface area contributed by atoms with Gasteiger partial charge in [-0.2, -0.15) is 0 Å². The summed E-state index contributed by atoms with van der Waals surface area (Å²) in [4.78, 5) is 2.24. The monoisotopic (exact) mass is 187 g/mol. The van der Waals surface area contributed by atoms with Crippen LogP contribution in [0.1, 0.15) is 34.1 Å². The fourth-order valence-corrected chi connectivity index (χ4v) is 2.25. The molecule has 1 fully saturated rings. The Morgan fingerprint density at radius 2 is 1.77 bits per heavy atom. The topological polar surface area (TPSA) is 43.7 Å². The number of hydrogen-bond donors (Lipinski definition) is 2. The Morgan fingerprint density at radius 1 is 1.23 bits per heavy atom. The maximum absolute atomic E-state index is 9.54. The first-order chi connectivity index (χ1) is 5.84. The van der Waals surface area contributed by atoms with Crippen molar-refractivity contribution in [3.8, 4) is 0 Å². The molecule has 1 heterocycles. The molecule has 3 nitrogen and oxygen atoms in total. The molecule has 0 aliphatic carbocycles. The third-order valence-electron chi connectivity index (χ3n) is 2.94. The molecule has 78 valence electrons. The Labute approximate surface area is 80.4 Å². The van der Waals surface area contributed by atoms with Crippen LogP contribution in [-0.4, -0.2) is 45.4 Å². The highest BCUT2D eigenvalue weighted by atomic mass is 16.3. The molecular weight excluding hydrogens is 166 g/mol. The van der Waals surface area contributed by atoms with Crippen LogP contribution >= 0.6 is 0 Å². The van der Waals surface area contributed by atoms with Crippen molar-refractivity contribution in [2.45, 2.75) is 57.9 Å². The van der Waals surface area contributed by atoms with E-state index in [-0.39, 0.29) is 5.54 Å². The summed E-state index contributed by atoms with van der Waals surface area (Å²) in [5.41, 5.74) is -0.00713. The number of β-amino-alcohol motifs (C(OH)–C–C–N with tert-alkyl or cyclic N) is 1. The van der Waals surface area contributed by atoms with Crippen molar-refractivity contribution in [3.63, 3.8) is 0 Å². The van der Waals surface area contributed by atoms with E-state index < -0.39 is 12.2 Å². The number of nitrogens with zero attached hydrogens (tertiary/aromatic N) is 1. The molecular formula is C10H21NO2. The molecule has 13 heavy (non-hydrogen) atoms. The first-order valence-corrected chi connectivity index (χ1v) is 4.97. The van der Waals surface area contributed by atoms with Gasteiger partial charge in [0.25, 0.3) is 0 Å². The minimum absolute atomic E-state index is 0.00713. The van der Waals surface area contributed by atoms with Crippen molar-refractivity contribution in [3.05, 3.63) is 0 Å². The highest BCUT2D eigenvalue weighted by molar-refractivity contribution is 4.94. The average molecular weight is 187 g/mol. The summed E-state index contributed by atoms with van der Waals surface area (Å²) < 4.78 is 0. The van der Waals surface area contributed by atoms with E-state index in [4.69, 9.17) is 0 Å². The van der Waals surface area contributed by atoms with Crippen molar-refractivity contribution in [2.24, 2.45) is 0 Å². The molecule has 0 amide bonds. The van der Waals surface area contributed by atoms with Crippen LogP contribution in [0.15, 0.2) is 0 Å². The Kier molecular flexibility index (Phi) is 3.00. The highest BCUT2D eigenvalue weighted by Crippen LogP contribution is 2.29.